The summed E-state index contributed by atoms with van der Waals surface area (Å²) >= 11 is 0. The minimum atomic E-state index is -0.0171. The molecule has 3 aromatic rings. The Morgan fingerprint density at radius 2 is 1.81 bits per heavy atom. The zero-order valence-electron chi connectivity index (χ0n) is 14.7. The van der Waals surface area contributed by atoms with Crippen molar-refractivity contribution in [3.8, 4) is 0 Å². The molecule has 0 saturated carbocycles. The first-order valence-electron chi connectivity index (χ1n) is 8.87. The number of fused-ring (bicyclic) bond motifs is 1. The van der Waals surface area contributed by atoms with Gasteiger partial charge in [-0.1, -0.05) is 18.2 Å². The van der Waals surface area contributed by atoms with E-state index in [2.05, 4.69) is 25.9 Å². The summed E-state index contributed by atoms with van der Waals surface area (Å²) < 4.78 is 0. The largest absolute Gasteiger partial charge is 0.356 e. The maximum absolute atomic E-state index is 12.6. The SMILES string of the molecule is CN(C(=O)c1ccccn1)C1CCN(c2ncnc3ccccc23)CC1. The maximum Gasteiger partial charge on any atom is 0.272 e. The number of pyridine rings is 1. The zero-order chi connectivity index (χ0) is 17.9. The van der Waals surface area contributed by atoms with Crippen molar-refractivity contribution in [3.63, 3.8) is 0 Å². The van der Waals surface area contributed by atoms with Gasteiger partial charge in [-0.2, -0.15) is 0 Å². The molecule has 1 aromatic carbocycles. The molecule has 4 rings (SSSR count). The minimum Gasteiger partial charge on any atom is -0.356 e. The smallest absolute Gasteiger partial charge is 0.272 e. The molecule has 3 heterocycles. The van der Waals surface area contributed by atoms with Gasteiger partial charge in [-0.3, -0.25) is 9.78 Å². The number of rotatable bonds is 3. The molecule has 0 spiro atoms. The second-order valence-corrected chi connectivity index (χ2v) is 6.56. The lowest BCUT2D eigenvalue weighted by atomic mass is 10.0. The van der Waals surface area contributed by atoms with Gasteiger partial charge in [-0.25, -0.2) is 9.97 Å². The van der Waals surface area contributed by atoms with Gasteiger partial charge in [-0.15, -0.1) is 0 Å². The van der Waals surface area contributed by atoms with Crippen molar-refractivity contribution in [1.82, 2.24) is 19.9 Å². The van der Waals surface area contributed by atoms with Crippen LogP contribution in [-0.2, 0) is 0 Å². The van der Waals surface area contributed by atoms with E-state index in [1.54, 1.807) is 18.6 Å². The molecule has 1 aliphatic rings. The Hall–Kier alpha value is -3.02. The highest BCUT2D eigenvalue weighted by Crippen LogP contribution is 2.26. The van der Waals surface area contributed by atoms with Crippen LogP contribution in [-0.4, -0.2) is 51.9 Å². The third kappa shape index (κ3) is 3.10. The lowest BCUT2D eigenvalue weighted by Crippen LogP contribution is -2.46. The Morgan fingerprint density at radius 1 is 1.04 bits per heavy atom. The molecule has 0 atom stereocenters. The van der Waals surface area contributed by atoms with Crippen molar-refractivity contribution >= 4 is 22.6 Å². The summed E-state index contributed by atoms with van der Waals surface area (Å²) in [5.74, 6) is 0.962. The average molecular weight is 347 g/mol. The average Bonchev–Trinajstić information content (AvgIpc) is 2.73. The molecule has 0 bridgehead atoms. The van der Waals surface area contributed by atoms with Crippen LogP contribution in [0.15, 0.2) is 55.0 Å². The summed E-state index contributed by atoms with van der Waals surface area (Å²) in [6.07, 6.45) is 5.10. The van der Waals surface area contributed by atoms with E-state index in [1.807, 2.05) is 42.3 Å². The molecular weight excluding hydrogens is 326 g/mol. The number of carbonyl (C=O) groups is 1. The number of carbonyl (C=O) groups excluding carboxylic acids is 1. The third-order valence-corrected chi connectivity index (χ3v) is 5.04. The molecule has 6 nitrogen and oxygen atoms in total. The molecule has 0 radical (unpaired) electrons. The van der Waals surface area contributed by atoms with Crippen molar-refractivity contribution in [1.29, 1.82) is 0 Å². The molecule has 2 aromatic heterocycles. The first kappa shape index (κ1) is 16.4. The quantitative estimate of drug-likeness (QED) is 0.729. The Kier molecular flexibility index (Phi) is 4.48. The van der Waals surface area contributed by atoms with Gasteiger partial charge in [0.25, 0.3) is 5.91 Å². The van der Waals surface area contributed by atoms with Crippen molar-refractivity contribution < 1.29 is 4.79 Å². The van der Waals surface area contributed by atoms with Gasteiger partial charge in [0.15, 0.2) is 0 Å². The Morgan fingerprint density at radius 3 is 2.58 bits per heavy atom. The fourth-order valence-corrected chi connectivity index (χ4v) is 3.54. The van der Waals surface area contributed by atoms with E-state index < -0.39 is 0 Å². The summed E-state index contributed by atoms with van der Waals surface area (Å²) in [6.45, 7) is 1.73. The normalized spacial score (nSPS) is 15.2. The molecule has 0 N–H and O–H groups in total. The fraction of sp³-hybridized carbons (Fsp3) is 0.300. The van der Waals surface area contributed by atoms with E-state index in [4.69, 9.17) is 0 Å². The van der Waals surface area contributed by atoms with Crippen LogP contribution >= 0.6 is 0 Å². The molecule has 1 amide bonds. The molecule has 1 saturated heterocycles. The number of amides is 1. The van der Waals surface area contributed by atoms with Crippen LogP contribution in [0.1, 0.15) is 23.3 Å². The van der Waals surface area contributed by atoms with Crippen LogP contribution in [0.2, 0.25) is 0 Å². The monoisotopic (exact) mass is 347 g/mol. The van der Waals surface area contributed by atoms with Gasteiger partial charge < -0.3 is 9.80 Å². The lowest BCUT2D eigenvalue weighted by molar-refractivity contribution is 0.0703. The van der Waals surface area contributed by atoms with Gasteiger partial charge in [0, 0.05) is 37.8 Å². The van der Waals surface area contributed by atoms with E-state index in [9.17, 15) is 4.79 Å². The van der Waals surface area contributed by atoms with Crippen LogP contribution in [0, 0.1) is 0 Å². The summed E-state index contributed by atoms with van der Waals surface area (Å²) in [4.78, 5) is 29.7. The van der Waals surface area contributed by atoms with Gasteiger partial charge >= 0.3 is 0 Å². The standard InChI is InChI=1S/C20H21N5O/c1-24(20(26)18-8-4-5-11-21-18)15-9-12-25(13-10-15)19-16-6-2-3-7-17(16)22-14-23-19/h2-8,11,14-15H,9-10,12-13H2,1H3. The second-order valence-electron chi connectivity index (χ2n) is 6.56. The number of hydrogen-bond acceptors (Lipinski definition) is 5. The minimum absolute atomic E-state index is 0.0171. The topological polar surface area (TPSA) is 62.2 Å². The van der Waals surface area contributed by atoms with Crippen molar-refractivity contribution in [2.45, 2.75) is 18.9 Å². The summed E-state index contributed by atoms with van der Waals surface area (Å²) in [6, 6.07) is 13.7. The van der Waals surface area contributed by atoms with Crippen LogP contribution in [0.4, 0.5) is 5.82 Å². The number of nitrogens with zero attached hydrogens (tertiary/aromatic N) is 5. The van der Waals surface area contributed by atoms with Crippen LogP contribution in [0.5, 0.6) is 0 Å². The molecule has 0 aliphatic carbocycles. The number of aromatic nitrogens is 3. The molecule has 132 valence electrons. The first-order chi connectivity index (χ1) is 12.7. The number of para-hydroxylation sites is 1. The number of hydrogen-bond donors (Lipinski definition) is 0. The molecule has 0 unspecified atom stereocenters. The Labute approximate surface area is 152 Å². The van der Waals surface area contributed by atoms with E-state index >= 15 is 0 Å². The van der Waals surface area contributed by atoms with E-state index in [0.717, 1.165) is 42.7 Å². The summed E-state index contributed by atoms with van der Waals surface area (Å²) in [5, 5.41) is 1.08. The van der Waals surface area contributed by atoms with E-state index in [1.165, 1.54) is 0 Å². The Bertz CT molecular complexity index is 901. The lowest BCUT2D eigenvalue weighted by Gasteiger charge is -2.37. The molecule has 6 heteroatoms. The van der Waals surface area contributed by atoms with Gasteiger partial charge in [-0.05, 0) is 37.1 Å². The van der Waals surface area contributed by atoms with Crippen molar-refractivity contribution in [3.05, 3.63) is 60.7 Å². The molecule has 1 fully saturated rings. The molecular formula is C20H21N5O. The van der Waals surface area contributed by atoms with Crippen LogP contribution < -0.4 is 4.90 Å². The predicted molar refractivity (Wildman–Crippen MR) is 101 cm³/mol. The van der Waals surface area contributed by atoms with Crippen LogP contribution in [0.25, 0.3) is 10.9 Å². The van der Waals surface area contributed by atoms with Crippen molar-refractivity contribution in [2.24, 2.45) is 0 Å². The van der Waals surface area contributed by atoms with Crippen molar-refractivity contribution in [2.75, 3.05) is 25.0 Å². The van der Waals surface area contributed by atoms with E-state index in [0.29, 0.717) is 5.69 Å². The predicted octanol–water partition coefficient (Wildman–Crippen LogP) is 2.77. The summed E-state index contributed by atoms with van der Waals surface area (Å²) in [7, 11) is 1.87. The van der Waals surface area contributed by atoms with Crippen LogP contribution in [0.3, 0.4) is 0 Å². The zero-order valence-corrected chi connectivity index (χ0v) is 14.7. The third-order valence-electron chi connectivity index (χ3n) is 5.04. The van der Waals surface area contributed by atoms with Gasteiger partial charge in [0.1, 0.15) is 17.8 Å². The highest BCUT2D eigenvalue weighted by Gasteiger charge is 2.27. The maximum atomic E-state index is 12.6. The second kappa shape index (κ2) is 7.07. The number of benzene rings is 1. The van der Waals surface area contributed by atoms with Gasteiger partial charge in [0.2, 0.25) is 0 Å². The highest BCUT2D eigenvalue weighted by atomic mass is 16.2. The molecule has 1 aliphatic heterocycles. The summed E-state index contributed by atoms with van der Waals surface area (Å²) in [5.41, 5.74) is 1.46. The van der Waals surface area contributed by atoms with Gasteiger partial charge in [0.05, 0.1) is 5.52 Å². The fourth-order valence-electron chi connectivity index (χ4n) is 3.54. The first-order valence-corrected chi connectivity index (χ1v) is 8.87. The number of anilines is 1. The highest BCUT2D eigenvalue weighted by molar-refractivity contribution is 5.92. The van der Waals surface area contributed by atoms with E-state index in [-0.39, 0.29) is 11.9 Å². The molecule has 26 heavy (non-hydrogen) atoms. The number of piperidine rings is 1. The Balaban J connectivity index is 1.46.